The van der Waals surface area contributed by atoms with Gasteiger partial charge in [0.25, 0.3) is 0 Å². The van der Waals surface area contributed by atoms with Gasteiger partial charge in [0.2, 0.25) is 0 Å². The standard InChI is InChI=1S/C12H13F2NO4/c1-12(2,3)19-11(18)15-7-5-4-6(10(16)17)8(13)9(7)14/h4-5H,1-3H3,(H,15,18)(H,16,17). The Labute approximate surface area is 108 Å². The van der Waals surface area contributed by atoms with Crippen LogP contribution < -0.4 is 5.32 Å². The van der Waals surface area contributed by atoms with Gasteiger partial charge >= 0.3 is 12.1 Å². The lowest BCUT2D eigenvalue weighted by molar-refractivity contribution is 0.0634. The Morgan fingerprint density at radius 3 is 2.26 bits per heavy atom. The van der Waals surface area contributed by atoms with Crippen LogP contribution in [0.25, 0.3) is 0 Å². The Kier molecular flexibility index (Phi) is 4.08. The predicted molar refractivity (Wildman–Crippen MR) is 63.2 cm³/mol. The van der Waals surface area contributed by atoms with E-state index in [2.05, 4.69) is 0 Å². The summed E-state index contributed by atoms with van der Waals surface area (Å²) in [4.78, 5) is 21.9. The van der Waals surface area contributed by atoms with Crippen LogP contribution in [0.4, 0.5) is 19.3 Å². The smallest absolute Gasteiger partial charge is 0.412 e. The molecule has 1 aromatic carbocycles. The highest BCUT2D eigenvalue weighted by Crippen LogP contribution is 2.21. The van der Waals surface area contributed by atoms with Crippen molar-refractivity contribution in [2.24, 2.45) is 0 Å². The fourth-order valence-electron chi connectivity index (χ4n) is 1.22. The van der Waals surface area contributed by atoms with Gasteiger partial charge in [0.05, 0.1) is 11.3 Å². The lowest BCUT2D eigenvalue weighted by Crippen LogP contribution is -2.27. The van der Waals surface area contributed by atoms with Gasteiger partial charge < -0.3 is 9.84 Å². The highest BCUT2D eigenvalue weighted by molar-refractivity contribution is 5.90. The van der Waals surface area contributed by atoms with Gasteiger partial charge in [-0.05, 0) is 32.9 Å². The van der Waals surface area contributed by atoms with Gasteiger partial charge in [-0.1, -0.05) is 0 Å². The molecule has 5 nitrogen and oxygen atoms in total. The molecule has 19 heavy (non-hydrogen) atoms. The maximum absolute atomic E-state index is 13.5. The molecule has 0 aliphatic rings. The van der Waals surface area contributed by atoms with E-state index < -0.39 is 40.5 Å². The predicted octanol–water partition coefficient (Wildman–Crippen LogP) is 3.01. The van der Waals surface area contributed by atoms with Crippen molar-refractivity contribution in [1.82, 2.24) is 0 Å². The minimum Gasteiger partial charge on any atom is -0.478 e. The molecule has 1 rings (SSSR count). The van der Waals surface area contributed by atoms with Crippen LogP contribution in [0, 0.1) is 11.6 Å². The fourth-order valence-corrected chi connectivity index (χ4v) is 1.22. The summed E-state index contributed by atoms with van der Waals surface area (Å²) in [6.45, 7) is 4.82. The van der Waals surface area contributed by atoms with Crippen LogP contribution >= 0.6 is 0 Å². The van der Waals surface area contributed by atoms with E-state index in [1.807, 2.05) is 5.32 Å². The van der Waals surface area contributed by atoms with E-state index in [1.165, 1.54) is 0 Å². The minimum atomic E-state index is -1.60. The summed E-state index contributed by atoms with van der Waals surface area (Å²) >= 11 is 0. The van der Waals surface area contributed by atoms with Crippen molar-refractivity contribution in [1.29, 1.82) is 0 Å². The van der Waals surface area contributed by atoms with Gasteiger partial charge in [-0.2, -0.15) is 0 Å². The van der Waals surface area contributed by atoms with E-state index >= 15 is 0 Å². The number of hydrogen-bond acceptors (Lipinski definition) is 3. The van der Waals surface area contributed by atoms with Crippen molar-refractivity contribution < 1.29 is 28.2 Å². The molecule has 2 N–H and O–H groups in total. The number of amides is 1. The first kappa shape index (κ1) is 14.9. The third-order valence-electron chi connectivity index (χ3n) is 1.95. The average Bonchev–Trinajstić information content (AvgIpc) is 2.21. The zero-order chi connectivity index (χ0) is 14.8. The molecule has 0 heterocycles. The van der Waals surface area contributed by atoms with Crippen LogP contribution in [0.15, 0.2) is 12.1 Å². The second-order valence-electron chi connectivity index (χ2n) is 4.72. The summed E-state index contributed by atoms with van der Waals surface area (Å²) < 4.78 is 31.7. The molecule has 0 aromatic heterocycles. The van der Waals surface area contributed by atoms with Crippen LogP contribution in [-0.2, 0) is 4.74 Å². The topological polar surface area (TPSA) is 75.6 Å². The molecule has 7 heteroatoms. The van der Waals surface area contributed by atoms with Gasteiger partial charge in [-0.25, -0.2) is 18.4 Å². The summed E-state index contributed by atoms with van der Waals surface area (Å²) in [7, 11) is 0. The molecule has 0 unspecified atom stereocenters. The summed E-state index contributed by atoms with van der Waals surface area (Å²) in [6.07, 6.45) is -0.964. The van der Waals surface area contributed by atoms with Crippen molar-refractivity contribution in [2.45, 2.75) is 26.4 Å². The second kappa shape index (κ2) is 5.21. The number of aromatic carboxylic acids is 1. The first-order valence-corrected chi connectivity index (χ1v) is 5.33. The number of hydrogen-bond donors (Lipinski definition) is 2. The van der Waals surface area contributed by atoms with Crippen molar-refractivity contribution in [2.75, 3.05) is 5.32 Å². The Morgan fingerprint density at radius 2 is 1.79 bits per heavy atom. The number of anilines is 1. The lowest BCUT2D eigenvalue weighted by atomic mass is 10.2. The second-order valence-corrected chi connectivity index (χ2v) is 4.72. The molecule has 0 atom stereocenters. The Balaban J connectivity index is 2.95. The number of rotatable bonds is 2. The molecule has 0 aliphatic heterocycles. The van der Waals surface area contributed by atoms with Gasteiger partial charge in [0, 0.05) is 0 Å². The van der Waals surface area contributed by atoms with Crippen LogP contribution in [0.1, 0.15) is 31.1 Å². The molecule has 0 aliphatic carbocycles. The van der Waals surface area contributed by atoms with E-state index in [1.54, 1.807) is 20.8 Å². The molecule has 104 valence electrons. The molecule has 0 fully saturated rings. The van der Waals surface area contributed by atoms with Gasteiger partial charge in [0.15, 0.2) is 11.6 Å². The van der Waals surface area contributed by atoms with E-state index in [0.29, 0.717) is 0 Å². The number of carboxylic acid groups (broad SMARTS) is 1. The highest BCUT2D eigenvalue weighted by atomic mass is 19.2. The molecular formula is C12H13F2NO4. The summed E-state index contributed by atoms with van der Waals surface area (Å²) in [5, 5.41) is 10.6. The van der Waals surface area contributed by atoms with Gasteiger partial charge in [-0.3, -0.25) is 5.32 Å². The molecule has 1 amide bonds. The van der Waals surface area contributed by atoms with Crippen LogP contribution in [-0.4, -0.2) is 22.8 Å². The number of nitrogens with one attached hydrogen (secondary N) is 1. The van der Waals surface area contributed by atoms with Crippen LogP contribution in [0.2, 0.25) is 0 Å². The highest BCUT2D eigenvalue weighted by Gasteiger charge is 2.21. The molecule has 1 aromatic rings. The zero-order valence-corrected chi connectivity index (χ0v) is 10.6. The molecule has 0 radical (unpaired) electrons. The quantitative estimate of drug-likeness (QED) is 0.868. The molecule has 0 saturated carbocycles. The first-order chi connectivity index (χ1) is 8.61. The average molecular weight is 273 g/mol. The monoisotopic (exact) mass is 273 g/mol. The zero-order valence-electron chi connectivity index (χ0n) is 10.6. The molecule has 0 spiro atoms. The van der Waals surface area contributed by atoms with Crippen molar-refractivity contribution in [3.63, 3.8) is 0 Å². The number of halogens is 2. The molecule has 0 bridgehead atoms. The number of carboxylic acids is 1. The number of carbonyl (C=O) groups is 2. The fraction of sp³-hybridized carbons (Fsp3) is 0.333. The summed E-state index contributed by atoms with van der Waals surface area (Å²) in [5.74, 6) is -4.59. The molecular weight excluding hydrogens is 260 g/mol. The van der Waals surface area contributed by atoms with Crippen molar-refractivity contribution in [3.05, 3.63) is 29.3 Å². The normalized spacial score (nSPS) is 11.0. The third-order valence-corrected chi connectivity index (χ3v) is 1.95. The third kappa shape index (κ3) is 3.90. The lowest BCUT2D eigenvalue weighted by Gasteiger charge is -2.19. The number of ether oxygens (including phenoxy) is 1. The minimum absolute atomic E-state index is 0.489. The maximum atomic E-state index is 13.5. The Morgan fingerprint density at radius 1 is 1.21 bits per heavy atom. The molecule has 0 saturated heterocycles. The maximum Gasteiger partial charge on any atom is 0.412 e. The van der Waals surface area contributed by atoms with Crippen molar-refractivity contribution in [3.8, 4) is 0 Å². The summed E-state index contributed by atoms with van der Waals surface area (Å²) in [5.41, 5.74) is -2.09. The van der Waals surface area contributed by atoms with Crippen LogP contribution in [0.5, 0.6) is 0 Å². The number of carbonyl (C=O) groups excluding carboxylic acids is 1. The first-order valence-electron chi connectivity index (χ1n) is 5.33. The van der Waals surface area contributed by atoms with Gasteiger partial charge in [0.1, 0.15) is 5.60 Å². The SMILES string of the molecule is CC(C)(C)OC(=O)Nc1ccc(C(=O)O)c(F)c1F. The van der Waals surface area contributed by atoms with Crippen LogP contribution in [0.3, 0.4) is 0 Å². The largest absolute Gasteiger partial charge is 0.478 e. The van der Waals surface area contributed by atoms with E-state index in [0.717, 1.165) is 12.1 Å². The van der Waals surface area contributed by atoms with E-state index in [4.69, 9.17) is 9.84 Å². The van der Waals surface area contributed by atoms with E-state index in [9.17, 15) is 18.4 Å². The summed E-state index contributed by atoms with van der Waals surface area (Å²) in [6, 6.07) is 1.80. The Bertz CT molecular complexity index is 523. The Hall–Kier alpha value is -2.18. The van der Waals surface area contributed by atoms with E-state index in [-0.39, 0.29) is 0 Å². The van der Waals surface area contributed by atoms with Gasteiger partial charge in [-0.15, -0.1) is 0 Å². The number of benzene rings is 1. The van der Waals surface area contributed by atoms with Crippen molar-refractivity contribution >= 4 is 17.7 Å².